The predicted octanol–water partition coefficient (Wildman–Crippen LogP) is 4.89. The lowest BCUT2D eigenvalue weighted by Crippen LogP contribution is -2.31. The molecule has 35 heavy (non-hydrogen) atoms. The summed E-state index contributed by atoms with van der Waals surface area (Å²) in [5.41, 5.74) is 3.71. The summed E-state index contributed by atoms with van der Waals surface area (Å²) in [7, 11) is 3.25. The van der Waals surface area contributed by atoms with Crippen LogP contribution in [0.15, 0.2) is 90.1 Å². The van der Waals surface area contributed by atoms with E-state index < -0.39 is 6.04 Å². The maximum Gasteiger partial charge on any atom is 0.255 e. The zero-order valence-corrected chi connectivity index (χ0v) is 19.6. The zero-order chi connectivity index (χ0) is 24.4. The van der Waals surface area contributed by atoms with E-state index in [2.05, 4.69) is 10.6 Å². The highest BCUT2D eigenvalue weighted by molar-refractivity contribution is 6.06. The van der Waals surface area contributed by atoms with Crippen molar-refractivity contribution in [2.45, 2.75) is 13.0 Å². The Morgan fingerprint density at radius 1 is 0.914 bits per heavy atom. The number of hydrogen-bond acceptors (Lipinski definition) is 6. The van der Waals surface area contributed by atoms with Crippen LogP contribution in [-0.4, -0.2) is 34.9 Å². The minimum atomic E-state index is -0.486. The molecule has 2 N–H and O–H groups in total. The molecule has 0 aliphatic carbocycles. The van der Waals surface area contributed by atoms with E-state index in [0.29, 0.717) is 23.0 Å². The third kappa shape index (κ3) is 4.33. The normalized spacial score (nSPS) is 14.7. The monoisotopic (exact) mass is 467 g/mol. The highest BCUT2D eigenvalue weighted by atomic mass is 16.5. The van der Waals surface area contributed by atoms with Crippen LogP contribution in [-0.2, 0) is 4.79 Å². The number of hydrogen-bond donors (Lipinski definition) is 2. The molecule has 1 atom stereocenters. The number of anilines is 2. The number of carbonyl (C=O) groups excluding carboxylic acids is 1. The molecule has 2 heterocycles. The lowest BCUT2D eigenvalue weighted by atomic mass is 9.95. The fourth-order valence-corrected chi connectivity index (χ4v) is 4.12. The number of ether oxygens (including phenoxy) is 2. The molecule has 1 amide bonds. The Morgan fingerprint density at radius 2 is 1.54 bits per heavy atom. The summed E-state index contributed by atoms with van der Waals surface area (Å²) >= 11 is 0. The van der Waals surface area contributed by atoms with E-state index in [1.165, 1.54) is 0 Å². The highest BCUT2D eigenvalue weighted by Crippen LogP contribution is 2.37. The van der Waals surface area contributed by atoms with Gasteiger partial charge in [-0.25, -0.2) is 4.68 Å². The first-order valence-corrected chi connectivity index (χ1v) is 11.2. The van der Waals surface area contributed by atoms with E-state index in [9.17, 15) is 4.79 Å². The molecule has 1 aromatic heterocycles. The van der Waals surface area contributed by atoms with E-state index in [4.69, 9.17) is 19.6 Å². The van der Waals surface area contributed by atoms with Crippen LogP contribution in [0.1, 0.15) is 18.5 Å². The van der Waals surface area contributed by atoms with Crippen molar-refractivity contribution in [3.05, 3.63) is 95.7 Å². The largest absolute Gasteiger partial charge is 0.497 e. The van der Waals surface area contributed by atoms with Crippen molar-refractivity contribution in [3.8, 4) is 22.9 Å². The molecule has 3 aromatic carbocycles. The van der Waals surface area contributed by atoms with Crippen LogP contribution in [0.2, 0.25) is 0 Å². The van der Waals surface area contributed by atoms with Gasteiger partial charge in [0.05, 0.1) is 19.8 Å². The molecule has 1 unspecified atom stereocenters. The predicted molar refractivity (Wildman–Crippen MR) is 135 cm³/mol. The molecule has 8 heteroatoms. The summed E-state index contributed by atoms with van der Waals surface area (Å²) in [5, 5.41) is 11.1. The second-order valence-corrected chi connectivity index (χ2v) is 8.09. The first-order chi connectivity index (χ1) is 17.1. The van der Waals surface area contributed by atoms with Gasteiger partial charge in [-0.15, -0.1) is 5.10 Å². The Bertz CT molecular complexity index is 1380. The summed E-state index contributed by atoms with van der Waals surface area (Å²) in [6.07, 6.45) is 0. The summed E-state index contributed by atoms with van der Waals surface area (Å²) in [4.78, 5) is 18.3. The molecule has 0 bridgehead atoms. The zero-order valence-electron chi connectivity index (χ0n) is 19.6. The molecule has 1 aliphatic rings. The van der Waals surface area contributed by atoms with E-state index in [1.54, 1.807) is 18.9 Å². The van der Waals surface area contributed by atoms with E-state index in [1.807, 2.05) is 85.8 Å². The molecule has 176 valence electrons. The van der Waals surface area contributed by atoms with Crippen molar-refractivity contribution in [2.24, 2.45) is 0 Å². The first kappa shape index (κ1) is 22.2. The Morgan fingerprint density at radius 3 is 2.17 bits per heavy atom. The summed E-state index contributed by atoms with van der Waals surface area (Å²) in [5.74, 6) is 2.38. The van der Waals surface area contributed by atoms with Gasteiger partial charge in [-0.2, -0.15) is 4.98 Å². The second-order valence-electron chi connectivity index (χ2n) is 8.09. The maximum atomic E-state index is 13.5. The molecule has 8 nitrogen and oxygen atoms in total. The number of nitrogens with one attached hydrogen (secondary N) is 2. The number of nitrogens with zero attached hydrogens (tertiary/aromatic N) is 3. The van der Waals surface area contributed by atoms with Gasteiger partial charge >= 0.3 is 0 Å². The van der Waals surface area contributed by atoms with Gasteiger partial charge in [0, 0.05) is 16.9 Å². The number of para-hydroxylation sites is 1. The SMILES string of the molecule is COc1ccc(-c2nc3n(n2)C(c2ccc(OC)cc2)C(C(=O)Nc2ccccc2)=C(C)N3)cc1. The van der Waals surface area contributed by atoms with Crippen LogP contribution in [0.25, 0.3) is 11.4 Å². The van der Waals surface area contributed by atoms with E-state index >= 15 is 0 Å². The molecule has 0 spiro atoms. The van der Waals surface area contributed by atoms with Gasteiger partial charge in [-0.05, 0) is 61.0 Å². The van der Waals surface area contributed by atoms with Crippen LogP contribution in [0, 0.1) is 0 Å². The summed E-state index contributed by atoms with van der Waals surface area (Å²) in [6.45, 7) is 1.88. The molecular weight excluding hydrogens is 442 g/mol. The minimum Gasteiger partial charge on any atom is -0.497 e. The molecule has 0 saturated heterocycles. The molecule has 0 fully saturated rings. The van der Waals surface area contributed by atoms with Crippen molar-refractivity contribution < 1.29 is 14.3 Å². The Labute approximate surface area is 203 Å². The Kier molecular flexibility index (Phi) is 5.93. The number of carbonyl (C=O) groups is 1. The number of aromatic nitrogens is 3. The van der Waals surface area contributed by atoms with E-state index in [-0.39, 0.29) is 5.91 Å². The lowest BCUT2D eigenvalue weighted by molar-refractivity contribution is -0.113. The number of methoxy groups -OCH3 is 2. The quantitative estimate of drug-likeness (QED) is 0.420. The van der Waals surface area contributed by atoms with E-state index in [0.717, 1.165) is 28.3 Å². The van der Waals surface area contributed by atoms with Gasteiger partial charge in [0.15, 0.2) is 5.82 Å². The van der Waals surface area contributed by atoms with Crippen molar-refractivity contribution >= 4 is 17.5 Å². The first-order valence-electron chi connectivity index (χ1n) is 11.2. The molecule has 1 aliphatic heterocycles. The van der Waals surface area contributed by atoms with Crippen LogP contribution < -0.4 is 20.1 Å². The number of allylic oxidation sites excluding steroid dienone is 1. The van der Waals surface area contributed by atoms with Gasteiger partial charge < -0.3 is 20.1 Å². The Balaban J connectivity index is 1.58. The topological polar surface area (TPSA) is 90.3 Å². The molecule has 5 rings (SSSR count). The van der Waals surface area contributed by atoms with Gasteiger partial charge in [0.25, 0.3) is 5.91 Å². The van der Waals surface area contributed by atoms with Crippen molar-refractivity contribution in [2.75, 3.05) is 24.9 Å². The van der Waals surface area contributed by atoms with Crippen LogP contribution in [0.3, 0.4) is 0 Å². The molecule has 4 aromatic rings. The number of rotatable bonds is 6. The van der Waals surface area contributed by atoms with Gasteiger partial charge in [0.1, 0.15) is 17.5 Å². The molecular formula is C27H25N5O3. The fourth-order valence-electron chi connectivity index (χ4n) is 4.12. The third-order valence-electron chi connectivity index (χ3n) is 5.91. The number of fused-ring (bicyclic) bond motifs is 1. The highest BCUT2D eigenvalue weighted by Gasteiger charge is 2.34. The lowest BCUT2D eigenvalue weighted by Gasteiger charge is -2.28. The minimum absolute atomic E-state index is 0.214. The summed E-state index contributed by atoms with van der Waals surface area (Å²) < 4.78 is 12.4. The van der Waals surface area contributed by atoms with Crippen LogP contribution in [0.5, 0.6) is 11.5 Å². The van der Waals surface area contributed by atoms with Gasteiger partial charge in [-0.1, -0.05) is 30.3 Å². The van der Waals surface area contributed by atoms with Crippen molar-refractivity contribution in [3.63, 3.8) is 0 Å². The fraction of sp³-hybridized carbons (Fsp3) is 0.148. The average molecular weight is 468 g/mol. The van der Waals surface area contributed by atoms with Gasteiger partial charge in [-0.3, -0.25) is 4.79 Å². The number of benzene rings is 3. The molecule has 0 radical (unpaired) electrons. The van der Waals surface area contributed by atoms with Crippen LogP contribution >= 0.6 is 0 Å². The third-order valence-corrected chi connectivity index (χ3v) is 5.91. The van der Waals surface area contributed by atoms with Gasteiger partial charge in [0.2, 0.25) is 5.95 Å². The number of amides is 1. The van der Waals surface area contributed by atoms with Crippen molar-refractivity contribution in [1.82, 2.24) is 14.8 Å². The average Bonchev–Trinajstić information content (AvgIpc) is 3.32. The smallest absolute Gasteiger partial charge is 0.255 e. The van der Waals surface area contributed by atoms with Crippen LogP contribution in [0.4, 0.5) is 11.6 Å². The Hall–Kier alpha value is -4.59. The van der Waals surface area contributed by atoms with Crippen molar-refractivity contribution in [1.29, 1.82) is 0 Å². The summed E-state index contributed by atoms with van der Waals surface area (Å²) in [6, 6.07) is 24.1. The second kappa shape index (κ2) is 9.34. The standard InChI is InChI=1S/C27H25N5O3/c1-17-23(26(33)29-20-7-5-4-6-8-20)24(18-9-13-21(34-2)14-10-18)32-27(28-17)30-25(31-32)19-11-15-22(35-3)16-12-19/h4-16,24H,1-3H3,(H,29,33)(H,28,30,31). The maximum absolute atomic E-state index is 13.5. The molecule has 0 saturated carbocycles.